The van der Waals surface area contributed by atoms with Crippen LogP contribution in [0.1, 0.15) is 6.92 Å². The second-order valence-corrected chi connectivity index (χ2v) is 4.94. The minimum atomic E-state index is -0.541. The molecule has 0 unspecified atom stereocenters. The van der Waals surface area contributed by atoms with E-state index < -0.39 is 11.9 Å². The van der Waals surface area contributed by atoms with Crippen molar-refractivity contribution < 1.29 is 41.0 Å². The third-order valence-corrected chi connectivity index (χ3v) is 3.06. The molecule has 2 aliphatic carbocycles. The third-order valence-electron chi connectivity index (χ3n) is 3.06. The van der Waals surface area contributed by atoms with Gasteiger partial charge in [0.05, 0.1) is 19.6 Å². The Morgan fingerprint density at radius 3 is 1.77 bits per heavy atom. The molecule has 0 heterocycles. The zero-order valence-electron chi connectivity index (χ0n) is 14.4. The first-order valence-corrected chi connectivity index (χ1v) is 7.50. The van der Waals surface area contributed by atoms with Crippen LogP contribution in [-0.4, -0.2) is 43.8 Å². The zero-order valence-corrected chi connectivity index (χ0v) is 15.5. The van der Waals surface area contributed by atoms with Gasteiger partial charge in [0.15, 0.2) is 0 Å². The first-order chi connectivity index (χ1) is 11.9. The standard InChI is InChI=1S/C11H13N2O4.C7H7O.Fe/c1-17-10(15)7-12-9(14)6-13-11(16)8-4-2-3-5-8;1-6(8)7-4-2-3-5-7;/h2-5H,6-7H2,1H3,(H,12,14)(H,13,16);2-5H,1H3;/q;;+2. The van der Waals surface area contributed by atoms with Crippen LogP contribution in [0.4, 0.5) is 0 Å². The maximum absolute atomic E-state index is 11.4. The number of Topliss-reactive ketones (excluding diaryl/α,β-unsaturated/α-hetero) is 1. The van der Waals surface area contributed by atoms with E-state index in [0.29, 0.717) is 5.92 Å². The van der Waals surface area contributed by atoms with Gasteiger partial charge in [0, 0.05) is 5.92 Å². The first kappa shape index (κ1) is 24.6. The second-order valence-electron chi connectivity index (χ2n) is 4.94. The van der Waals surface area contributed by atoms with Gasteiger partial charge in [0.1, 0.15) is 12.3 Å². The molecule has 10 radical (unpaired) electrons. The van der Waals surface area contributed by atoms with Crippen molar-refractivity contribution in [3.63, 3.8) is 0 Å². The smallest absolute Gasteiger partial charge is 0.468 e. The van der Waals surface area contributed by atoms with Crippen molar-refractivity contribution in [3.8, 4) is 0 Å². The third kappa shape index (κ3) is 9.92. The molecule has 0 aromatic heterocycles. The van der Waals surface area contributed by atoms with Gasteiger partial charge in [-0.25, -0.2) is 0 Å². The monoisotopic (exact) mass is 400 g/mol. The predicted molar refractivity (Wildman–Crippen MR) is 89.6 cm³/mol. The average molecular weight is 400 g/mol. The summed E-state index contributed by atoms with van der Waals surface area (Å²) in [5.41, 5.74) is 0. The van der Waals surface area contributed by atoms with Crippen LogP contribution in [0.25, 0.3) is 0 Å². The Morgan fingerprint density at radius 2 is 1.35 bits per heavy atom. The maximum atomic E-state index is 11.4. The van der Waals surface area contributed by atoms with Crippen LogP contribution < -0.4 is 10.6 Å². The normalized spacial score (nSPS) is 16.7. The number of hydrogen-bond donors (Lipinski definition) is 2. The van der Waals surface area contributed by atoms with E-state index in [2.05, 4.69) is 15.4 Å². The van der Waals surface area contributed by atoms with Gasteiger partial charge in [0.25, 0.3) is 0 Å². The van der Waals surface area contributed by atoms with Crippen molar-refractivity contribution in [2.24, 2.45) is 0 Å². The molecule has 0 bridgehead atoms. The van der Waals surface area contributed by atoms with Gasteiger partial charge < -0.3 is 15.4 Å². The van der Waals surface area contributed by atoms with E-state index in [1.807, 2.05) is 25.7 Å². The van der Waals surface area contributed by atoms with Crippen LogP contribution in [0.5, 0.6) is 0 Å². The molecule has 2 aliphatic rings. The first-order valence-electron chi connectivity index (χ1n) is 7.50. The Bertz CT molecular complexity index is 472. The number of nitrogens with one attached hydrogen (secondary N) is 2. The van der Waals surface area contributed by atoms with Crippen molar-refractivity contribution in [1.29, 1.82) is 0 Å². The number of amides is 2. The minimum Gasteiger partial charge on any atom is -0.468 e. The number of hydrogen-bond acceptors (Lipinski definition) is 5. The summed E-state index contributed by atoms with van der Waals surface area (Å²) in [6.07, 6.45) is 14.1. The molecule has 2 saturated carbocycles. The summed E-state index contributed by atoms with van der Waals surface area (Å²) >= 11 is 0. The Hall–Kier alpha value is -1.40. The number of ether oxygens (including phenoxy) is 1. The SMILES string of the molecule is CC(=O)[C]1[CH][CH][CH][CH]1.COC(=O)CNC(=O)CNC(=O)[C]1[CH][CH][CH][CH]1.[Fe+2]. The maximum Gasteiger partial charge on any atom is 2.00 e. The second kappa shape index (κ2) is 13.8. The molecule has 0 saturated heterocycles. The number of carbonyl (C=O) groups excluding carboxylic acids is 4. The van der Waals surface area contributed by atoms with Crippen molar-refractivity contribution in [3.05, 3.63) is 63.2 Å². The van der Waals surface area contributed by atoms with E-state index in [4.69, 9.17) is 0 Å². The van der Waals surface area contributed by atoms with Gasteiger partial charge in [-0.1, -0.05) is 0 Å². The fraction of sp³-hybridized carbons (Fsp3) is 0.222. The molecule has 2 amide bonds. The van der Waals surface area contributed by atoms with E-state index in [-0.39, 0.29) is 41.8 Å². The molecule has 8 heteroatoms. The summed E-state index contributed by atoms with van der Waals surface area (Å²) in [6.45, 7) is 1.18. The number of ketones is 1. The Kier molecular flexibility index (Phi) is 13.0. The fourth-order valence-corrected chi connectivity index (χ4v) is 1.70. The molecule has 2 N–H and O–H groups in total. The van der Waals surface area contributed by atoms with Crippen molar-refractivity contribution in [2.75, 3.05) is 20.2 Å². The molecule has 2 fully saturated rings. The van der Waals surface area contributed by atoms with E-state index >= 15 is 0 Å². The Balaban J connectivity index is 0.000000583. The zero-order chi connectivity index (χ0) is 18.7. The fourth-order valence-electron chi connectivity index (χ4n) is 1.70. The summed E-state index contributed by atoms with van der Waals surface area (Å²) in [7, 11) is 1.23. The molecule has 0 aliphatic heterocycles. The van der Waals surface area contributed by atoms with E-state index in [1.54, 1.807) is 32.6 Å². The molecule has 0 aromatic rings. The summed E-state index contributed by atoms with van der Waals surface area (Å²) < 4.78 is 4.34. The van der Waals surface area contributed by atoms with Gasteiger partial charge in [-0.15, -0.1) is 0 Å². The molecule has 2 rings (SSSR count). The predicted octanol–water partition coefficient (Wildman–Crippen LogP) is -0.225. The molecular weight excluding hydrogens is 380 g/mol. The van der Waals surface area contributed by atoms with Gasteiger partial charge >= 0.3 is 23.0 Å². The van der Waals surface area contributed by atoms with Crippen molar-refractivity contribution in [2.45, 2.75) is 6.92 Å². The average Bonchev–Trinajstić information content (AvgIpc) is 3.31. The Morgan fingerprint density at radius 1 is 0.846 bits per heavy atom. The van der Waals surface area contributed by atoms with Gasteiger partial charge in [-0.05, 0) is 58.3 Å². The van der Waals surface area contributed by atoms with Crippen LogP contribution in [-0.2, 0) is 41.0 Å². The molecule has 0 spiro atoms. The molecule has 0 atom stereocenters. The topological polar surface area (TPSA) is 102 Å². The number of carbonyl (C=O) groups is 4. The summed E-state index contributed by atoms with van der Waals surface area (Å²) in [6, 6.07) is 0. The summed E-state index contributed by atoms with van der Waals surface area (Å²) in [5.74, 6) is 0.102. The van der Waals surface area contributed by atoms with Gasteiger partial charge in [-0.3, -0.25) is 19.2 Å². The van der Waals surface area contributed by atoms with E-state index in [9.17, 15) is 19.2 Å². The van der Waals surface area contributed by atoms with Crippen molar-refractivity contribution >= 4 is 23.6 Å². The number of methoxy groups -OCH3 is 1. The molecular formula is C18H20FeN2O5+2. The number of rotatable bonds is 6. The molecule has 26 heavy (non-hydrogen) atoms. The summed E-state index contributed by atoms with van der Waals surface area (Å²) in [4.78, 5) is 43.8. The van der Waals surface area contributed by atoms with Gasteiger partial charge in [-0.2, -0.15) is 0 Å². The van der Waals surface area contributed by atoms with Crippen LogP contribution >= 0.6 is 0 Å². The molecule has 0 aromatic carbocycles. The van der Waals surface area contributed by atoms with Crippen LogP contribution in [0, 0.1) is 63.2 Å². The van der Waals surface area contributed by atoms with Crippen LogP contribution in [0.2, 0.25) is 0 Å². The van der Waals surface area contributed by atoms with Gasteiger partial charge in [0.2, 0.25) is 11.8 Å². The quantitative estimate of drug-likeness (QED) is 0.474. The van der Waals surface area contributed by atoms with Crippen molar-refractivity contribution in [1.82, 2.24) is 10.6 Å². The minimum absolute atomic E-state index is 0. The van der Waals surface area contributed by atoms with Crippen LogP contribution in [0.15, 0.2) is 0 Å². The van der Waals surface area contributed by atoms with E-state index in [1.165, 1.54) is 7.11 Å². The number of esters is 1. The molecule has 138 valence electrons. The Labute approximate surface area is 165 Å². The van der Waals surface area contributed by atoms with E-state index in [0.717, 1.165) is 5.92 Å². The summed E-state index contributed by atoms with van der Waals surface area (Å²) in [5, 5.41) is 4.73. The largest absolute Gasteiger partial charge is 2.00 e. The van der Waals surface area contributed by atoms with Crippen LogP contribution in [0.3, 0.4) is 0 Å². The molecule has 7 nitrogen and oxygen atoms in total.